The van der Waals surface area contributed by atoms with Gasteiger partial charge in [-0.15, -0.1) is 0 Å². The van der Waals surface area contributed by atoms with Crippen LogP contribution in [0.1, 0.15) is 27.3 Å². The smallest absolute Gasteiger partial charge is 0.286 e. The third-order valence-electron chi connectivity index (χ3n) is 4.70. The van der Waals surface area contributed by atoms with E-state index in [1.807, 2.05) is 62.4 Å². The first-order chi connectivity index (χ1) is 13.9. The molecule has 1 heterocycles. The number of carbonyl (C=O) groups is 2. The summed E-state index contributed by atoms with van der Waals surface area (Å²) < 4.78 is 2.14. The molecule has 5 nitrogen and oxygen atoms in total. The minimum atomic E-state index is -0.178. The molecule has 0 saturated heterocycles. The van der Waals surface area contributed by atoms with Crippen LogP contribution in [-0.2, 0) is 6.54 Å². The summed E-state index contributed by atoms with van der Waals surface area (Å²) in [5.41, 5.74) is 4.40. The Labute approximate surface area is 175 Å². The topological polar surface area (TPSA) is 54.3 Å². The Morgan fingerprint density at radius 2 is 1.66 bits per heavy atom. The van der Waals surface area contributed by atoms with Gasteiger partial charge >= 0.3 is 0 Å². The molecule has 3 aromatic rings. The zero-order valence-corrected chi connectivity index (χ0v) is 17.9. The van der Waals surface area contributed by atoms with Crippen LogP contribution in [0.4, 0.5) is 10.5 Å². The van der Waals surface area contributed by atoms with Gasteiger partial charge in [-0.2, -0.15) is 0 Å². The minimum absolute atomic E-state index is 0.0901. The Hall–Kier alpha value is -2.99. The van der Waals surface area contributed by atoms with Crippen molar-refractivity contribution in [2.45, 2.75) is 25.3 Å². The normalized spacial score (nSPS) is 10.6. The maximum absolute atomic E-state index is 13.0. The molecule has 150 valence electrons. The van der Waals surface area contributed by atoms with Crippen LogP contribution < -0.4 is 5.32 Å². The van der Waals surface area contributed by atoms with Gasteiger partial charge < -0.3 is 14.8 Å². The summed E-state index contributed by atoms with van der Waals surface area (Å²) in [5.74, 6) is -0.178. The third kappa shape index (κ3) is 4.90. The van der Waals surface area contributed by atoms with Crippen LogP contribution in [0.25, 0.3) is 0 Å². The van der Waals surface area contributed by atoms with Gasteiger partial charge in [-0.05, 0) is 49.4 Å². The van der Waals surface area contributed by atoms with Crippen LogP contribution in [0, 0.1) is 13.8 Å². The van der Waals surface area contributed by atoms with E-state index in [4.69, 9.17) is 0 Å². The Balaban J connectivity index is 1.82. The largest absolute Gasteiger partial charge is 0.344 e. The van der Waals surface area contributed by atoms with Gasteiger partial charge in [0.2, 0.25) is 0 Å². The molecule has 0 bridgehead atoms. The number of hydrogen-bond donors (Lipinski definition) is 1. The maximum atomic E-state index is 13.0. The number of amides is 2. The lowest BCUT2D eigenvalue weighted by molar-refractivity contribution is 0.102. The molecule has 0 fully saturated rings. The van der Waals surface area contributed by atoms with Crippen LogP contribution in [0.15, 0.2) is 65.6 Å². The highest BCUT2D eigenvalue weighted by molar-refractivity contribution is 8.13. The second-order valence-corrected chi connectivity index (χ2v) is 8.06. The molecular weight excluding hydrogens is 382 g/mol. The number of aromatic nitrogens is 1. The standard InChI is InChI=1S/C23H25N3O2S/c1-16-14-19(17(2)26(16)15-18-10-6-5-7-11-18)22(27)24-20-12-8-9-13-21(20)29-23(28)25(3)4/h5-14H,15H2,1-4H3,(H,24,27). The second kappa shape index (κ2) is 9.01. The van der Waals surface area contributed by atoms with Crippen molar-refractivity contribution in [3.63, 3.8) is 0 Å². The Morgan fingerprint density at radius 1 is 1.00 bits per heavy atom. The number of benzene rings is 2. The van der Waals surface area contributed by atoms with Crippen molar-refractivity contribution in [1.29, 1.82) is 0 Å². The molecule has 0 aliphatic rings. The molecule has 2 amide bonds. The summed E-state index contributed by atoms with van der Waals surface area (Å²) in [6, 6.07) is 19.4. The van der Waals surface area contributed by atoms with Crippen LogP contribution in [0.2, 0.25) is 0 Å². The molecular formula is C23H25N3O2S. The fourth-order valence-electron chi connectivity index (χ4n) is 3.07. The van der Waals surface area contributed by atoms with Crippen molar-refractivity contribution in [1.82, 2.24) is 9.47 Å². The Kier molecular flexibility index (Phi) is 6.44. The fourth-order valence-corrected chi connectivity index (χ4v) is 3.82. The van der Waals surface area contributed by atoms with Crippen LogP contribution in [0.5, 0.6) is 0 Å². The van der Waals surface area contributed by atoms with E-state index >= 15 is 0 Å². The lowest BCUT2D eigenvalue weighted by atomic mass is 10.2. The number of nitrogens with zero attached hydrogens (tertiary/aromatic N) is 2. The number of rotatable bonds is 5. The molecule has 1 N–H and O–H groups in total. The maximum Gasteiger partial charge on any atom is 0.286 e. The zero-order valence-electron chi connectivity index (χ0n) is 17.1. The van der Waals surface area contributed by atoms with E-state index in [9.17, 15) is 9.59 Å². The first kappa shape index (κ1) is 20.7. The summed E-state index contributed by atoms with van der Waals surface area (Å²) >= 11 is 1.10. The summed E-state index contributed by atoms with van der Waals surface area (Å²) in [6.07, 6.45) is 0. The van der Waals surface area contributed by atoms with Crippen molar-refractivity contribution in [3.05, 3.63) is 83.2 Å². The summed E-state index contributed by atoms with van der Waals surface area (Å²) in [5, 5.41) is 2.88. The molecule has 0 spiro atoms. The van der Waals surface area contributed by atoms with Gasteiger partial charge in [0, 0.05) is 36.9 Å². The molecule has 0 radical (unpaired) electrons. The number of para-hydroxylation sites is 1. The SMILES string of the molecule is Cc1cc(C(=O)Nc2ccccc2SC(=O)N(C)C)c(C)n1Cc1ccccc1. The average Bonchev–Trinajstić information content (AvgIpc) is 2.98. The molecule has 1 aromatic heterocycles. The lowest BCUT2D eigenvalue weighted by Crippen LogP contribution is -2.17. The van der Waals surface area contributed by atoms with Crippen molar-refractivity contribution < 1.29 is 9.59 Å². The molecule has 29 heavy (non-hydrogen) atoms. The van der Waals surface area contributed by atoms with Gasteiger partial charge in [0.15, 0.2) is 0 Å². The van der Waals surface area contributed by atoms with E-state index in [0.717, 1.165) is 34.6 Å². The minimum Gasteiger partial charge on any atom is -0.344 e. The van der Waals surface area contributed by atoms with Crippen LogP contribution in [-0.4, -0.2) is 34.7 Å². The molecule has 0 unspecified atom stereocenters. The average molecular weight is 408 g/mol. The quantitative estimate of drug-likeness (QED) is 0.593. The van der Waals surface area contributed by atoms with Gasteiger partial charge in [-0.3, -0.25) is 9.59 Å². The van der Waals surface area contributed by atoms with Gasteiger partial charge in [0.25, 0.3) is 11.1 Å². The molecule has 0 atom stereocenters. The van der Waals surface area contributed by atoms with Crippen LogP contribution in [0.3, 0.4) is 0 Å². The van der Waals surface area contributed by atoms with Gasteiger partial charge in [-0.1, -0.05) is 42.5 Å². The number of anilines is 1. The Bertz CT molecular complexity index is 1030. The van der Waals surface area contributed by atoms with Gasteiger partial charge in [-0.25, -0.2) is 0 Å². The number of nitrogens with one attached hydrogen (secondary N) is 1. The molecule has 2 aromatic carbocycles. The fraction of sp³-hybridized carbons (Fsp3) is 0.217. The van der Waals surface area contributed by atoms with E-state index in [1.165, 1.54) is 10.5 Å². The number of carbonyl (C=O) groups excluding carboxylic acids is 2. The Morgan fingerprint density at radius 3 is 2.34 bits per heavy atom. The molecule has 3 rings (SSSR count). The van der Waals surface area contributed by atoms with E-state index in [1.54, 1.807) is 14.1 Å². The highest BCUT2D eigenvalue weighted by atomic mass is 32.2. The van der Waals surface area contributed by atoms with Crippen molar-refractivity contribution >= 4 is 28.6 Å². The van der Waals surface area contributed by atoms with Crippen molar-refractivity contribution in [2.24, 2.45) is 0 Å². The first-order valence-electron chi connectivity index (χ1n) is 9.37. The number of thioether (sulfide) groups is 1. The summed E-state index contributed by atoms with van der Waals surface area (Å²) in [6.45, 7) is 4.68. The van der Waals surface area contributed by atoms with Crippen molar-refractivity contribution in [2.75, 3.05) is 19.4 Å². The first-order valence-corrected chi connectivity index (χ1v) is 10.2. The highest BCUT2D eigenvalue weighted by Crippen LogP contribution is 2.29. The number of aryl methyl sites for hydroxylation is 1. The lowest BCUT2D eigenvalue weighted by Gasteiger charge is -2.13. The number of hydrogen-bond acceptors (Lipinski definition) is 3. The highest BCUT2D eigenvalue weighted by Gasteiger charge is 2.18. The monoisotopic (exact) mass is 407 g/mol. The van der Waals surface area contributed by atoms with Crippen molar-refractivity contribution in [3.8, 4) is 0 Å². The van der Waals surface area contributed by atoms with Gasteiger partial charge in [0.05, 0.1) is 11.3 Å². The second-order valence-electron chi connectivity index (χ2n) is 7.07. The zero-order chi connectivity index (χ0) is 21.0. The third-order valence-corrected chi connectivity index (χ3v) is 5.82. The predicted octanol–water partition coefficient (Wildman–Crippen LogP) is 5.18. The van der Waals surface area contributed by atoms with E-state index in [0.29, 0.717) is 11.3 Å². The molecule has 6 heteroatoms. The molecule has 0 aliphatic heterocycles. The predicted molar refractivity (Wildman–Crippen MR) is 119 cm³/mol. The van der Waals surface area contributed by atoms with E-state index in [2.05, 4.69) is 22.0 Å². The molecule has 0 saturated carbocycles. The van der Waals surface area contributed by atoms with Gasteiger partial charge in [0.1, 0.15) is 0 Å². The summed E-state index contributed by atoms with van der Waals surface area (Å²) in [7, 11) is 3.41. The van der Waals surface area contributed by atoms with E-state index in [-0.39, 0.29) is 11.1 Å². The van der Waals surface area contributed by atoms with Crippen LogP contribution >= 0.6 is 11.8 Å². The van der Waals surface area contributed by atoms with E-state index < -0.39 is 0 Å². The summed E-state index contributed by atoms with van der Waals surface area (Å²) in [4.78, 5) is 27.3. The molecule has 0 aliphatic carbocycles.